The molecule has 0 amide bonds. The lowest BCUT2D eigenvalue weighted by Gasteiger charge is -2.13. The van der Waals surface area contributed by atoms with E-state index in [1.54, 1.807) is 6.07 Å². The van der Waals surface area contributed by atoms with E-state index in [-0.39, 0.29) is 0 Å². The fraction of sp³-hybridized carbons (Fsp3) is 0.500. The van der Waals surface area contributed by atoms with E-state index in [0.29, 0.717) is 11.8 Å². The molecule has 2 N–H and O–H groups in total. The second-order valence-electron chi connectivity index (χ2n) is 4.18. The number of phenolic OH excluding ortho intramolecular Hbond substituents is 1. The molecule has 0 aromatic heterocycles. The summed E-state index contributed by atoms with van der Waals surface area (Å²) in [5.41, 5.74) is 2.47. The summed E-state index contributed by atoms with van der Waals surface area (Å²) < 4.78 is 0.831. The highest BCUT2D eigenvalue weighted by molar-refractivity contribution is 9.10. The molecule has 2 rings (SSSR count). The van der Waals surface area contributed by atoms with E-state index in [4.69, 9.17) is 0 Å². The molecule has 1 saturated heterocycles. The van der Waals surface area contributed by atoms with E-state index in [1.807, 2.05) is 13.0 Å². The highest BCUT2D eigenvalue weighted by Gasteiger charge is 2.16. The van der Waals surface area contributed by atoms with Crippen LogP contribution in [0.15, 0.2) is 16.6 Å². The standard InChI is InChI=1S/C12H16BrNO/c1-8-9(4-5-11(15)12(8)13)7-10-3-2-6-14-10/h4-5,10,14-15H,2-3,6-7H2,1H3. The lowest BCUT2D eigenvalue weighted by Crippen LogP contribution is -2.23. The highest BCUT2D eigenvalue weighted by atomic mass is 79.9. The molecule has 2 nitrogen and oxygen atoms in total. The van der Waals surface area contributed by atoms with Gasteiger partial charge in [-0.15, -0.1) is 0 Å². The van der Waals surface area contributed by atoms with Gasteiger partial charge in [-0.05, 0) is 65.9 Å². The summed E-state index contributed by atoms with van der Waals surface area (Å²) in [6.07, 6.45) is 3.60. The summed E-state index contributed by atoms with van der Waals surface area (Å²) >= 11 is 3.41. The zero-order chi connectivity index (χ0) is 10.8. The van der Waals surface area contributed by atoms with Crippen LogP contribution in [0.1, 0.15) is 24.0 Å². The van der Waals surface area contributed by atoms with E-state index >= 15 is 0 Å². The molecular formula is C12H16BrNO. The summed E-state index contributed by atoms with van der Waals surface area (Å²) in [5.74, 6) is 0.329. The molecule has 3 heteroatoms. The van der Waals surface area contributed by atoms with Gasteiger partial charge in [-0.3, -0.25) is 0 Å². The second-order valence-corrected chi connectivity index (χ2v) is 4.97. The lowest BCUT2D eigenvalue weighted by molar-refractivity contribution is 0.470. The van der Waals surface area contributed by atoms with Crippen molar-refractivity contribution >= 4 is 15.9 Å². The summed E-state index contributed by atoms with van der Waals surface area (Å²) in [5, 5.41) is 13.0. The molecule has 0 radical (unpaired) electrons. The molecule has 0 aliphatic carbocycles. The maximum Gasteiger partial charge on any atom is 0.130 e. The molecule has 15 heavy (non-hydrogen) atoms. The van der Waals surface area contributed by atoms with Crippen LogP contribution in [0.4, 0.5) is 0 Å². The molecule has 1 unspecified atom stereocenters. The van der Waals surface area contributed by atoms with Gasteiger partial charge in [0.05, 0.1) is 4.47 Å². The van der Waals surface area contributed by atoms with Crippen molar-refractivity contribution < 1.29 is 5.11 Å². The van der Waals surface area contributed by atoms with Crippen LogP contribution < -0.4 is 5.32 Å². The van der Waals surface area contributed by atoms with Crippen molar-refractivity contribution in [1.82, 2.24) is 5.32 Å². The van der Waals surface area contributed by atoms with Crippen LogP contribution in [-0.4, -0.2) is 17.7 Å². The van der Waals surface area contributed by atoms with Gasteiger partial charge in [0.2, 0.25) is 0 Å². The molecule has 1 heterocycles. The van der Waals surface area contributed by atoms with E-state index in [2.05, 4.69) is 21.2 Å². The summed E-state index contributed by atoms with van der Waals surface area (Å²) in [4.78, 5) is 0. The van der Waals surface area contributed by atoms with Gasteiger partial charge in [0.1, 0.15) is 5.75 Å². The van der Waals surface area contributed by atoms with Crippen molar-refractivity contribution in [3.8, 4) is 5.75 Å². The SMILES string of the molecule is Cc1c(CC2CCCN2)ccc(O)c1Br. The average molecular weight is 270 g/mol. The minimum absolute atomic E-state index is 0.329. The predicted molar refractivity (Wildman–Crippen MR) is 65.3 cm³/mol. The number of hydrogen-bond acceptors (Lipinski definition) is 2. The lowest BCUT2D eigenvalue weighted by atomic mass is 10.00. The van der Waals surface area contributed by atoms with Crippen molar-refractivity contribution in [3.63, 3.8) is 0 Å². The Kier molecular flexibility index (Phi) is 3.32. The molecule has 1 aromatic rings. The molecule has 1 aromatic carbocycles. The Hall–Kier alpha value is -0.540. The molecule has 0 bridgehead atoms. The number of benzene rings is 1. The zero-order valence-corrected chi connectivity index (χ0v) is 10.5. The van der Waals surface area contributed by atoms with Crippen LogP contribution >= 0.6 is 15.9 Å². The number of nitrogens with one attached hydrogen (secondary N) is 1. The maximum absolute atomic E-state index is 9.52. The van der Waals surface area contributed by atoms with E-state index in [0.717, 1.165) is 23.0 Å². The third-order valence-electron chi connectivity index (χ3n) is 3.11. The minimum atomic E-state index is 0.329. The largest absolute Gasteiger partial charge is 0.507 e. The number of rotatable bonds is 2. The van der Waals surface area contributed by atoms with Crippen LogP contribution in [0, 0.1) is 6.92 Å². The van der Waals surface area contributed by atoms with Crippen LogP contribution in [0.25, 0.3) is 0 Å². The minimum Gasteiger partial charge on any atom is -0.507 e. The van der Waals surface area contributed by atoms with Crippen molar-refractivity contribution in [2.45, 2.75) is 32.2 Å². The van der Waals surface area contributed by atoms with Gasteiger partial charge >= 0.3 is 0 Å². The summed E-state index contributed by atoms with van der Waals surface area (Å²) in [7, 11) is 0. The first-order valence-electron chi connectivity index (χ1n) is 5.39. The van der Waals surface area contributed by atoms with Gasteiger partial charge in [0.15, 0.2) is 0 Å². The molecule has 1 aliphatic heterocycles. The number of aromatic hydroxyl groups is 1. The van der Waals surface area contributed by atoms with Crippen molar-refractivity contribution in [2.24, 2.45) is 0 Å². The Morgan fingerprint density at radius 2 is 2.33 bits per heavy atom. The number of halogens is 1. The van der Waals surface area contributed by atoms with E-state index in [1.165, 1.54) is 18.4 Å². The second kappa shape index (κ2) is 4.54. The van der Waals surface area contributed by atoms with E-state index in [9.17, 15) is 5.11 Å². The van der Waals surface area contributed by atoms with Crippen molar-refractivity contribution in [1.29, 1.82) is 0 Å². The first kappa shape index (κ1) is 11.0. The van der Waals surface area contributed by atoms with Gasteiger partial charge in [0.25, 0.3) is 0 Å². The topological polar surface area (TPSA) is 32.3 Å². The number of hydrogen-bond donors (Lipinski definition) is 2. The molecule has 0 spiro atoms. The first-order chi connectivity index (χ1) is 7.18. The summed E-state index contributed by atoms with van der Waals surface area (Å²) in [6, 6.07) is 4.40. The van der Waals surface area contributed by atoms with Gasteiger partial charge in [0, 0.05) is 6.04 Å². The first-order valence-corrected chi connectivity index (χ1v) is 6.18. The Morgan fingerprint density at radius 1 is 1.53 bits per heavy atom. The third kappa shape index (κ3) is 2.34. The monoisotopic (exact) mass is 269 g/mol. The predicted octanol–water partition coefficient (Wildman–Crippen LogP) is 2.76. The Morgan fingerprint density at radius 3 is 3.00 bits per heavy atom. The quantitative estimate of drug-likeness (QED) is 0.866. The van der Waals surface area contributed by atoms with Gasteiger partial charge in [-0.25, -0.2) is 0 Å². The normalized spacial score (nSPS) is 20.8. The maximum atomic E-state index is 9.52. The average Bonchev–Trinajstić information content (AvgIpc) is 2.72. The fourth-order valence-electron chi connectivity index (χ4n) is 2.13. The zero-order valence-electron chi connectivity index (χ0n) is 8.89. The van der Waals surface area contributed by atoms with Crippen LogP contribution in [-0.2, 0) is 6.42 Å². The number of phenols is 1. The van der Waals surface area contributed by atoms with Gasteiger partial charge in [-0.1, -0.05) is 6.07 Å². The van der Waals surface area contributed by atoms with Gasteiger partial charge < -0.3 is 10.4 Å². The smallest absolute Gasteiger partial charge is 0.130 e. The fourth-order valence-corrected chi connectivity index (χ4v) is 2.52. The van der Waals surface area contributed by atoms with Crippen molar-refractivity contribution in [3.05, 3.63) is 27.7 Å². The third-order valence-corrected chi connectivity index (χ3v) is 4.11. The molecule has 1 fully saturated rings. The summed E-state index contributed by atoms with van der Waals surface area (Å²) in [6.45, 7) is 3.19. The molecule has 1 aliphatic rings. The molecule has 82 valence electrons. The molecular weight excluding hydrogens is 254 g/mol. The van der Waals surface area contributed by atoms with Crippen LogP contribution in [0.5, 0.6) is 5.75 Å². The molecule has 1 atom stereocenters. The molecule has 0 saturated carbocycles. The van der Waals surface area contributed by atoms with Crippen LogP contribution in [0.3, 0.4) is 0 Å². The Bertz CT molecular complexity index is 359. The highest BCUT2D eigenvalue weighted by Crippen LogP contribution is 2.30. The Labute approximate surface area is 98.8 Å². The Balaban J connectivity index is 2.17. The van der Waals surface area contributed by atoms with Crippen molar-refractivity contribution in [2.75, 3.05) is 6.54 Å². The van der Waals surface area contributed by atoms with Gasteiger partial charge in [-0.2, -0.15) is 0 Å². The van der Waals surface area contributed by atoms with Crippen LogP contribution in [0.2, 0.25) is 0 Å². The van der Waals surface area contributed by atoms with E-state index < -0.39 is 0 Å².